The molecule has 2 aromatic rings. The Kier molecular flexibility index (Phi) is 4.69. The minimum atomic E-state index is -3.88. The SMILES string of the molecule is CC(C)(C)NS(=O)(=O)c1ccc(-c2cc(C#N)c(F)cn2)c(F)c1. The van der Waals surface area contributed by atoms with Gasteiger partial charge in [-0.05, 0) is 45.0 Å². The molecule has 1 heterocycles. The van der Waals surface area contributed by atoms with E-state index in [4.69, 9.17) is 5.26 Å². The largest absolute Gasteiger partial charge is 0.253 e. The molecule has 0 fully saturated rings. The zero-order valence-corrected chi connectivity index (χ0v) is 14.1. The first-order valence-electron chi connectivity index (χ1n) is 6.93. The average molecular weight is 351 g/mol. The van der Waals surface area contributed by atoms with Crippen LogP contribution in [0, 0.1) is 23.0 Å². The van der Waals surface area contributed by atoms with Gasteiger partial charge in [0, 0.05) is 11.1 Å². The third-order valence-electron chi connectivity index (χ3n) is 2.94. The Morgan fingerprint density at radius 1 is 1.17 bits per heavy atom. The van der Waals surface area contributed by atoms with Crippen molar-refractivity contribution in [2.75, 3.05) is 0 Å². The summed E-state index contributed by atoms with van der Waals surface area (Å²) < 4.78 is 54.5. The highest BCUT2D eigenvalue weighted by Crippen LogP contribution is 2.25. The Morgan fingerprint density at radius 3 is 2.38 bits per heavy atom. The van der Waals surface area contributed by atoms with E-state index in [2.05, 4.69) is 9.71 Å². The molecule has 5 nitrogen and oxygen atoms in total. The first-order chi connectivity index (χ1) is 11.0. The summed E-state index contributed by atoms with van der Waals surface area (Å²) in [6.07, 6.45) is 0.819. The van der Waals surface area contributed by atoms with Crippen LogP contribution in [-0.2, 0) is 10.0 Å². The summed E-state index contributed by atoms with van der Waals surface area (Å²) in [4.78, 5) is 3.50. The summed E-state index contributed by atoms with van der Waals surface area (Å²) in [5, 5.41) is 8.82. The van der Waals surface area contributed by atoms with Crippen molar-refractivity contribution in [1.82, 2.24) is 9.71 Å². The molecule has 126 valence electrons. The van der Waals surface area contributed by atoms with Gasteiger partial charge in [0.05, 0.1) is 22.3 Å². The lowest BCUT2D eigenvalue weighted by Gasteiger charge is -2.20. The normalized spacial score (nSPS) is 12.0. The predicted molar refractivity (Wildman–Crippen MR) is 84.4 cm³/mol. The van der Waals surface area contributed by atoms with Crippen LogP contribution in [-0.4, -0.2) is 18.9 Å². The highest BCUT2D eigenvalue weighted by Gasteiger charge is 2.23. The molecule has 8 heteroatoms. The summed E-state index contributed by atoms with van der Waals surface area (Å²) in [6, 6.07) is 6.07. The van der Waals surface area contributed by atoms with E-state index in [9.17, 15) is 17.2 Å². The number of nitrogens with zero attached hydrogens (tertiary/aromatic N) is 2. The van der Waals surface area contributed by atoms with Crippen molar-refractivity contribution in [2.45, 2.75) is 31.2 Å². The molecule has 0 atom stereocenters. The second kappa shape index (κ2) is 6.26. The Hall–Kier alpha value is -2.37. The van der Waals surface area contributed by atoms with Crippen LogP contribution in [0.25, 0.3) is 11.3 Å². The van der Waals surface area contributed by atoms with Crippen molar-refractivity contribution in [3.8, 4) is 17.3 Å². The molecule has 24 heavy (non-hydrogen) atoms. The monoisotopic (exact) mass is 351 g/mol. The van der Waals surface area contributed by atoms with E-state index in [0.717, 1.165) is 18.3 Å². The quantitative estimate of drug-likeness (QED) is 0.921. The number of pyridine rings is 1. The lowest BCUT2D eigenvalue weighted by Crippen LogP contribution is -2.40. The highest BCUT2D eigenvalue weighted by atomic mass is 32.2. The van der Waals surface area contributed by atoms with Gasteiger partial charge in [-0.2, -0.15) is 5.26 Å². The highest BCUT2D eigenvalue weighted by molar-refractivity contribution is 7.89. The molecule has 1 N–H and O–H groups in total. The molecule has 1 aromatic carbocycles. The Morgan fingerprint density at radius 2 is 1.83 bits per heavy atom. The zero-order chi connectivity index (χ0) is 18.1. The number of hydrogen-bond donors (Lipinski definition) is 1. The standard InChI is InChI=1S/C16H15F2N3O2S/c1-16(2,3)21-24(22,23)11-4-5-12(13(17)7-11)15-6-10(8-19)14(18)9-20-15/h4-7,9,21H,1-3H3. The summed E-state index contributed by atoms with van der Waals surface area (Å²) in [5.41, 5.74) is -0.973. The van der Waals surface area contributed by atoms with Crippen molar-refractivity contribution in [1.29, 1.82) is 5.26 Å². The molecular formula is C16H15F2N3O2S. The zero-order valence-electron chi connectivity index (χ0n) is 13.3. The van der Waals surface area contributed by atoms with E-state index >= 15 is 0 Å². The molecule has 0 aliphatic heterocycles. The number of hydrogen-bond acceptors (Lipinski definition) is 4. The third kappa shape index (κ3) is 3.93. The third-order valence-corrected chi connectivity index (χ3v) is 4.70. The Bertz CT molecular complexity index is 929. The minimum absolute atomic E-state index is 0.0267. The van der Waals surface area contributed by atoms with E-state index in [1.807, 2.05) is 0 Å². The van der Waals surface area contributed by atoms with Crippen LogP contribution in [0.4, 0.5) is 8.78 Å². The smallest absolute Gasteiger partial charge is 0.241 e. The van der Waals surface area contributed by atoms with Gasteiger partial charge in [-0.15, -0.1) is 0 Å². The van der Waals surface area contributed by atoms with Crippen LogP contribution in [0.1, 0.15) is 26.3 Å². The number of sulfonamides is 1. The summed E-state index contributed by atoms with van der Waals surface area (Å²) in [7, 11) is -3.88. The van der Waals surface area contributed by atoms with E-state index in [1.165, 1.54) is 12.1 Å². The summed E-state index contributed by atoms with van der Waals surface area (Å²) in [6.45, 7) is 5.00. The molecule has 0 radical (unpaired) electrons. The van der Waals surface area contributed by atoms with Gasteiger partial charge in [0.25, 0.3) is 0 Å². The number of nitriles is 1. The number of benzene rings is 1. The second-order valence-electron chi connectivity index (χ2n) is 6.16. The van der Waals surface area contributed by atoms with Crippen LogP contribution in [0.15, 0.2) is 35.4 Å². The lowest BCUT2D eigenvalue weighted by atomic mass is 10.1. The lowest BCUT2D eigenvalue weighted by molar-refractivity contribution is 0.491. The van der Waals surface area contributed by atoms with Gasteiger partial charge in [0.15, 0.2) is 5.82 Å². The van der Waals surface area contributed by atoms with Crippen LogP contribution in [0.3, 0.4) is 0 Å². The molecule has 0 bridgehead atoms. The molecule has 0 amide bonds. The first-order valence-corrected chi connectivity index (χ1v) is 8.41. The van der Waals surface area contributed by atoms with Crippen molar-refractivity contribution in [3.63, 3.8) is 0 Å². The van der Waals surface area contributed by atoms with Gasteiger partial charge >= 0.3 is 0 Å². The maximum atomic E-state index is 14.3. The van der Waals surface area contributed by atoms with Gasteiger partial charge in [-0.3, -0.25) is 4.98 Å². The molecule has 0 unspecified atom stereocenters. The maximum Gasteiger partial charge on any atom is 0.241 e. The molecule has 0 aliphatic carbocycles. The Balaban J connectivity index is 2.47. The van der Waals surface area contributed by atoms with Crippen molar-refractivity contribution >= 4 is 10.0 Å². The number of rotatable bonds is 3. The van der Waals surface area contributed by atoms with Gasteiger partial charge in [-0.25, -0.2) is 21.9 Å². The van der Waals surface area contributed by atoms with Gasteiger partial charge in [-0.1, -0.05) is 0 Å². The van der Waals surface area contributed by atoms with Crippen LogP contribution in [0.5, 0.6) is 0 Å². The molecule has 0 aliphatic rings. The average Bonchev–Trinajstić information content (AvgIpc) is 2.45. The molecule has 0 saturated heterocycles. The van der Waals surface area contributed by atoms with Gasteiger partial charge < -0.3 is 0 Å². The summed E-state index contributed by atoms with van der Waals surface area (Å²) >= 11 is 0. The van der Waals surface area contributed by atoms with Crippen molar-refractivity contribution < 1.29 is 17.2 Å². The fourth-order valence-corrected chi connectivity index (χ4v) is 3.43. The molecule has 1 aromatic heterocycles. The minimum Gasteiger partial charge on any atom is -0.253 e. The van der Waals surface area contributed by atoms with Crippen molar-refractivity contribution in [3.05, 3.63) is 47.7 Å². The molecule has 2 rings (SSSR count). The maximum absolute atomic E-state index is 14.3. The number of nitrogens with one attached hydrogen (secondary N) is 1. The number of halogens is 2. The van der Waals surface area contributed by atoms with Crippen molar-refractivity contribution in [2.24, 2.45) is 0 Å². The van der Waals surface area contributed by atoms with Crippen LogP contribution < -0.4 is 4.72 Å². The second-order valence-corrected chi connectivity index (χ2v) is 7.84. The topological polar surface area (TPSA) is 82.9 Å². The number of aromatic nitrogens is 1. The fourth-order valence-electron chi connectivity index (χ4n) is 2.00. The summed E-state index contributed by atoms with van der Waals surface area (Å²) in [5.74, 6) is -1.65. The van der Waals surface area contributed by atoms with Crippen LogP contribution >= 0.6 is 0 Å². The van der Waals surface area contributed by atoms with Gasteiger partial charge in [0.2, 0.25) is 10.0 Å². The first kappa shape index (κ1) is 18.0. The van der Waals surface area contributed by atoms with E-state index in [-0.39, 0.29) is 21.7 Å². The van der Waals surface area contributed by atoms with E-state index in [0.29, 0.717) is 0 Å². The van der Waals surface area contributed by atoms with Crippen LogP contribution in [0.2, 0.25) is 0 Å². The molecule has 0 saturated carbocycles. The molecular weight excluding hydrogens is 336 g/mol. The van der Waals surface area contributed by atoms with E-state index < -0.39 is 27.2 Å². The predicted octanol–water partition coefficient (Wildman–Crippen LogP) is 2.98. The Labute approximate surface area is 139 Å². The van der Waals surface area contributed by atoms with Gasteiger partial charge in [0.1, 0.15) is 11.9 Å². The fraction of sp³-hybridized carbons (Fsp3) is 0.250. The molecule has 0 spiro atoms. The van der Waals surface area contributed by atoms with E-state index in [1.54, 1.807) is 26.8 Å².